The third kappa shape index (κ3) is 24.0. The van der Waals surface area contributed by atoms with Crippen LogP contribution in [0.4, 0.5) is 14.4 Å². The van der Waals surface area contributed by atoms with Gasteiger partial charge in [-0.15, -0.1) is 0 Å². The van der Waals surface area contributed by atoms with Crippen LogP contribution in [0.2, 0.25) is 10.0 Å². The molecule has 5 aromatic rings. The lowest BCUT2D eigenvalue weighted by Crippen LogP contribution is -2.66. The van der Waals surface area contributed by atoms with Gasteiger partial charge in [0.1, 0.15) is 118 Å². The highest BCUT2D eigenvalue weighted by Crippen LogP contribution is 2.59. The Balaban J connectivity index is 0.999. The number of phenols is 3. The molecule has 8 aliphatic heterocycles. The Labute approximate surface area is 831 Å². The van der Waals surface area contributed by atoms with E-state index in [1.807, 2.05) is 0 Å². The van der Waals surface area contributed by atoms with E-state index < -0.39 is 315 Å². The number of likely N-dealkylation sites (N-methyl/N-ethyl adjacent to an activating group) is 1. The molecule has 0 radical (unpaired) electrons. The first-order chi connectivity index (χ1) is 66.4. The van der Waals surface area contributed by atoms with Gasteiger partial charge in [-0.25, -0.2) is 14.4 Å². The van der Waals surface area contributed by atoms with E-state index in [2.05, 4.69) is 31.9 Å². The highest BCUT2D eigenvalue weighted by Gasteiger charge is 2.56. The number of ketones is 3. The minimum absolute atomic E-state index is 0.0666. The number of aliphatic hydroxyl groups excluding tert-OH is 6. The van der Waals surface area contributed by atoms with Gasteiger partial charge in [-0.2, -0.15) is 0 Å². The summed E-state index contributed by atoms with van der Waals surface area (Å²) in [5, 5.41) is 125. The fourth-order valence-electron chi connectivity index (χ4n) is 21.3. The first kappa shape index (κ1) is 107. The zero-order valence-corrected chi connectivity index (χ0v) is 83.5. The molecule has 8 heterocycles. The lowest BCUT2D eigenvalue weighted by molar-refractivity contribution is -0.334. The van der Waals surface area contributed by atoms with Crippen molar-refractivity contribution in [3.05, 3.63) is 117 Å². The molecule has 13 unspecified atom stereocenters. The van der Waals surface area contributed by atoms with E-state index in [1.165, 1.54) is 77.2 Å². The number of fused-ring (bicyclic) bond motifs is 15. The fraction of sp³-hybridized carbons (Fsp3) is 0.594. The SMILES string of the molecule is CC(C)C[C@H](C(=O)N[C@H]1C(=O)C[C@@H](CC(N)=O)C(=O)N[C@H]2C(=O)C[C@H]3C(=O)N[C@H](C(=O)N[C@H](C(=O)CC4C5CC6CC(C5)CC4C6)c4cc(O)cc(O)c4-c4cc3ccc4O)[C@H](OC3CC(C)(NC(=O)OC(C)(C)C)C(O)C(C)O3)c3ccc(c(Cl)c3)Oc3cc2cc(c3OC2OC(CO)C(O)C(O)C2OC2CC(C)(NC(=O)OC(C)(C)C)C(O)C(C)O2)Oc2ccc(cc2Cl)[C@H]1O)N(C)C(=O)OC(C)(C)C. The lowest BCUT2D eigenvalue weighted by Gasteiger charge is -2.54. The second-order valence-corrected chi connectivity index (χ2v) is 43.9. The number of nitrogens with two attached hydrogens (primary N) is 1. The fourth-order valence-corrected chi connectivity index (χ4v) is 21.8. The average Bonchev–Trinajstić information content (AvgIpc) is 0.751. The summed E-state index contributed by atoms with van der Waals surface area (Å²) in [4.78, 5) is 170. The Bertz CT molecular complexity index is 5620. The summed E-state index contributed by atoms with van der Waals surface area (Å²) in [6.07, 6.45) is -25.9. The van der Waals surface area contributed by atoms with Crippen molar-refractivity contribution >= 4 is 88.4 Å². The monoisotopic (exact) mass is 2020 g/mol. The standard InChI is InChI=1S/C101H130Cl2N8O31/c1-43(2)23-62(111(16)96(131)142-99(11,12)13)91(127)107-79-65(116)32-54(35-73(104)119)89(125)105-77-53-33-70(134-68-21-18-49(81(79)120)30-60(68)102)85(139-93-86(83(122)82(121)72(42-112)136-93)138-75-41-101(15,88(124)45(4)133-75)110-95(130)141-98(8,9)10)71(34-53)135-69-22-19-50(31-61(69)103)84(137-74-40-100(14,87(123)44(3)132-74)109-94(129)140-97(5,6)7)80-92(128)106-78(67(118)38-56-51-25-46-24-47(27-51)28-52(56)26-46)59-36-55(113)37-64(115)76(59)58-29-48(17-20-63(58)114)57(39-66(77)117)90(126)108-80/h17-22,29-31,33-34,36-37,43-47,51-52,54,56-57,62,72,74-75,77-84,86-88,93,112-115,120-124H,23-28,32,35,38-42H2,1-16H3,(H2,104,119)(H,105,125)(H,106,128)(H,107,127)(H,108,126)(H,109,129)(H,110,130)/t44?,45?,46?,47?,51?,52?,54-,56?,57+,62+,72?,74?,75?,77+,78-,79-,80-,81+,82?,83?,84+,86?,87?,88?,93?,100?,101?/m0/s1. The quantitative estimate of drug-likeness (QED) is 0.0342. The van der Waals surface area contributed by atoms with Crippen molar-refractivity contribution < 1.29 is 151 Å². The molecule has 3 saturated heterocycles. The van der Waals surface area contributed by atoms with Gasteiger partial charge < -0.3 is 136 Å². The summed E-state index contributed by atoms with van der Waals surface area (Å²) in [5.74, 6) is -17.4. The molecule has 7 fully saturated rings. The molecule has 22 atom stereocenters. The molecular formula is C101H130Cl2N8O31. The maximum absolute atomic E-state index is 17.1. The van der Waals surface area contributed by atoms with Crippen LogP contribution in [0.1, 0.15) is 239 Å². The van der Waals surface area contributed by atoms with Crippen LogP contribution in [0.25, 0.3) is 11.1 Å². The van der Waals surface area contributed by atoms with Crippen molar-refractivity contribution in [2.75, 3.05) is 13.7 Å². The van der Waals surface area contributed by atoms with Crippen LogP contribution in [-0.2, 0) is 76.3 Å². The minimum Gasteiger partial charge on any atom is -0.508 e. The molecule has 39 nitrogen and oxygen atoms in total. The summed E-state index contributed by atoms with van der Waals surface area (Å²) in [5.41, 5.74) is -2.54. The highest BCUT2D eigenvalue weighted by atomic mass is 35.5. The number of hydrogen-bond donors (Lipinski definition) is 16. The normalized spacial score (nSPS) is 31.8. The van der Waals surface area contributed by atoms with Gasteiger partial charge in [0.2, 0.25) is 41.6 Å². The molecule has 4 saturated carbocycles. The van der Waals surface area contributed by atoms with Crippen LogP contribution in [0.15, 0.2) is 78.9 Å². The zero-order valence-electron chi connectivity index (χ0n) is 82.0. The molecule has 4 aliphatic carbocycles. The number of alkyl carbamates (subject to hydrolysis) is 2. The van der Waals surface area contributed by atoms with Gasteiger partial charge in [-0.3, -0.25) is 43.3 Å². The van der Waals surface area contributed by atoms with Crippen LogP contribution in [0.3, 0.4) is 0 Å². The predicted molar refractivity (Wildman–Crippen MR) is 506 cm³/mol. The second-order valence-electron chi connectivity index (χ2n) is 43.1. The molecule has 142 heavy (non-hydrogen) atoms. The number of halogens is 2. The number of nitrogens with one attached hydrogen (secondary N) is 6. The Kier molecular flexibility index (Phi) is 31.7. The summed E-state index contributed by atoms with van der Waals surface area (Å²) < 4.78 is 70.7. The van der Waals surface area contributed by atoms with Gasteiger partial charge in [0.15, 0.2) is 47.5 Å². The molecular weight excluding hydrogens is 1890 g/mol. The molecule has 8 amide bonds. The van der Waals surface area contributed by atoms with Crippen molar-refractivity contribution in [1.29, 1.82) is 0 Å². The first-order valence-corrected chi connectivity index (χ1v) is 48.7. The van der Waals surface area contributed by atoms with E-state index in [1.54, 1.807) is 76.2 Å². The van der Waals surface area contributed by atoms with Crippen molar-refractivity contribution in [1.82, 2.24) is 36.8 Å². The van der Waals surface area contributed by atoms with Gasteiger partial charge in [0.25, 0.3) is 0 Å². The number of aliphatic hydroxyl groups is 6. The Morgan fingerprint density at radius 1 is 0.606 bits per heavy atom. The molecule has 15 bridgehead atoms. The largest absolute Gasteiger partial charge is 0.508 e. The first-order valence-electron chi connectivity index (χ1n) is 47.9. The molecule has 774 valence electrons. The Morgan fingerprint density at radius 2 is 1.15 bits per heavy atom. The number of carbonyl (C=O) groups excluding carboxylic acids is 11. The van der Waals surface area contributed by atoms with Crippen molar-refractivity contribution in [3.8, 4) is 57.1 Å². The van der Waals surface area contributed by atoms with Crippen LogP contribution >= 0.6 is 23.2 Å². The number of rotatable bonds is 19. The number of carbonyl (C=O) groups is 11. The topological polar surface area (TPSA) is 573 Å². The van der Waals surface area contributed by atoms with Gasteiger partial charge in [0, 0.05) is 62.8 Å². The third-order valence-corrected chi connectivity index (χ3v) is 28.5. The molecule has 5 aromatic carbocycles. The summed E-state index contributed by atoms with van der Waals surface area (Å²) in [6.45, 7) is 22.8. The lowest BCUT2D eigenvalue weighted by atomic mass is 9.51. The average molecular weight is 2020 g/mol. The molecule has 0 spiro atoms. The van der Waals surface area contributed by atoms with Gasteiger partial charge in [-0.05, 0) is 246 Å². The van der Waals surface area contributed by atoms with Crippen molar-refractivity contribution in [2.24, 2.45) is 47.2 Å². The number of nitrogens with zero attached hydrogens (tertiary/aromatic N) is 1. The minimum atomic E-state index is -2.32. The molecule has 17 rings (SSSR count). The van der Waals surface area contributed by atoms with Crippen LogP contribution < -0.4 is 51.8 Å². The second kappa shape index (κ2) is 42.1. The maximum Gasteiger partial charge on any atom is 0.410 e. The number of benzene rings is 5. The third-order valence-electron chi connectivity index (χ3n) is 27.9. The van der Waals surface area contributed by atoms with Crippen molar-refractivity contribution in [2.45, 2.75) is 325 Å². The molecule has 17 N–H and O–H groups in total. The van der Waals surface area contributed by atoms with E-state index in [0.29, 0.717) is 11.8 Å². The van der Waals surface area contributed by atoms with Crippen LogP contribution in [0, 0.1) is 41.4 Å². The van der Waals surface area contributed by atoms with Crippen LogP contribution in [0.5, 0.6) is 46.0 Å². The van der Waals surface area contributed by atoms with E-state index in [0.717, 1.165) is 73.4 Å². The van der Waals surface area contributed by atoms with Crippen molar-refractivity contribution in [3.63, 3.8) is 0 Å². The molecule has 0 aromatic heterocycles. The number of ether oxygens (including phenoxy) is 11. The smallest absolute Gasteiger partial charge is 0.410 e. The van der Waals surface area contributed by atoms with Crippen LogP contribution in [-0.4, -0.2) is 243 Å². The maximum atomic E-state index is 17.1. The summed E-state index contributed by atoms with van der Waals surface area (Å²) in [7, 11) is 1.28. The summed E-state index contributed by atoms with van der Waals surface area (Å²) >= 11 is 15.0. The predicted octanol–water partition coefficient (Wildman–Crippen LogP) is 10.0. The number of Topliss-reactive ketones (excluding diaryl/α,β-unsaturated/α-hetero) is 3. The summed E-state index contributed by atoms with van der Waals surface area (Å²) in [6, 6.07) is 5.06. The number of hydrogen-bond acceptors (Lipinski definition) is 31. The van der Waals surface area contributed by atoms with E-state index >= 15 is 33.6 Å². The zero-order chi connectivity index (χ0) is 104. The molecule has 41 heteroatoms. The Morgan fingerprint density at radius 3 is 1.70 bits per heavy atom. The number of primary amides is 1. The number of phenolic OH excluding ortho intramolecular Hbond substituents is 3. The van der Waals surface area contributed by atoms with Gasteiger partial charge in [-0.1, -0.05) is 55.2 Å². The molecule has 12 aliphatic rings. The number of amides is 8. The highest BCUT2D eigenvalue weighted by molar-refractivity contribution is 6.32. The van der Waals surface area contributed by atoms with E-state index in [-0.39, 0.29) is 69.9 Å². The Hall–Kier alpha value is -10.8. The number of aromatic hydroxyl groups is 3. The van der Waals surface area contributed by atoms with Gasteiger partial charge >= 0.3 is 18.3 Å². The van der Waals surface area contributed by atoms with Gasteiger partial charge in [0.05, 0.1) is 51.8 Å². The van der Waals surface area contributed by atoms with E-state index in [9.17, 15) is 65.1 Å². The van der Waals surface area contributed by atoms with E-state index in [4.69, 9.17) is 81.0 Å².